The maximum atomic E-state index is 12.2. The van der Waals surface area contributed by atoms with Crippen molar-refractivity contribution in [2.45, 2.75) is 19.9 Å². The normalized spacial score (nSPS) is 21.5. The van der Waals surface area contributed by atoms with Crippen molar-refractivity contribution in [3.05, 3.63) is 39.9 Å². The molecule has 3 N–H and O–H groups in total. The zero-order valence-electron chi connectivity index (χ0n) is 12.1. The summed E-state index contributed by atoms with van der Waals surface area (Å²) in [5, 5.41) is 13.6. The highest BCUT2D eigenvalue weighted by Gasteiger charge is 2.33. The molecule has 1 aliphatic rings. The number of amides is 1. The van der Waals surface area contributed by atoms with Crippen molar-refractivity contribution in [2.75, 3.05) is 13.1 Å². The van der Waals surface area contributed by atoms with Crippen molar-refractivity contribution in [3.63, 3.8) is 0 Å². The first kappa shape index (κ1) is 15.4. The molecule has 1 aliphatic heterocycles. The highest BCUT2D eigenvalue weighted by Crippen LogP contribution is 2.26. The van der Waals surface area contributed by atoms with E-state index in [9.17, 15) is 14.9 Å². The Labute approximate surface area is 123 Å². The number of non-ortho nitro benzene ring substituents is 1. The smallest absolute Gasteiger partial charge is 0.269 e. The van der Waals surface area contributed by atoms with E-state index in [1.807, 2.05) is 13.8 Å². The first-order chi connectivity index (χ1) is 9.99. The van der Waals surface area contributed by atoms with Crippen LogP contribution in [0.1, 0.15) is 25.5 Å². The minimum absolute atomic E-state index is 0.00967. The maximum Gasteiger partial charge on any atom is 0.269 e. The molecule has 1 aromatic carbocycles. The van der Waals surface area contributed by atoms with Gasteiger partial charge in [0, 0.05) is 25.2 Å². The number of nitro groups is 1. The first-order valence-electron chi connectivity index (χ1n) is 6.99. The van der Waals surface area contributed by atoms with E-state index in [4.69, 9.17) is 0 Å². The molecule has 0 spiro atoms. The van der Waals surface area contributed by atoms with Crippen LogP contribution in [0, 0.1) is 22.0 Å². The number of carbonyl (C=O) groups excluding carboxylic acids is 1. The standard InChI is InChI=1S/C14H20N4O3/c1-9(2)7-15-14(19)12-8-16-17-13(12)10-3-5-11(6-4-10)18(20)21/h3-6,9,12-13,16-17H,7-8H2,1-2H3,(H,15,19). The average Bonchev–Trinajstić information content (AvgIpc) is 2.94. The van der Waals surface area contributed by atoms with E-state index in [1.54, 1.807) is 12.1 Å². The van der Waals surface area contributed by atoms with Gasteiger partial charge in [0.25, 0.3) is 5.69 Å². The lowest BCUT2D eigenvalue weighted by atomic mass is 9.94. The second-order valence-electron chi connectivity index (χ2n) is 5.60. The highest BCUT2D eigenvalue weighted by atomic mass is 16.6. The Morgan fingerprint density at radius 2 is 2.10 bits per heavy atom. The predicted octanol–water partition coefficient (Wildman–Crippen LogP) is 1.13. The van der Waals surface area contributed by atoms with Crippen molar-refractivity contribution >= 4 is 11.6 Å². The molecule has 0 aromatic heterocycles. The van der Waals surface area contributed by atoms with Gasteiger partial charge in [0.15, 0.2) is 0 Å². The molecule has 1 aromatic rings. The van der Waals surface area contributed by atoms with Crippen LogP contribution in [0.25, 0.3) is 0 Å². The summed E-state index contributed by atoms with van der Waals surface area (Å²) in [7, 11) is 0. The van der Waals surface area contributed by atoms with Gasteiger partial charge < -0.3 is 5.32 Å². The summed E-state index contributed by atoms with van der Waals surface area (Å²) in [5.41, 5.74) is 6.95. The molecular weight excluding hydrogens is 272 g/mol. The SMILES string of the molecule is CC(C)CNC(=O)C1CNNC1c1ccc([N+](=O)[O-])cc1. The second-order valence-corrected chi connectivity index (χ2v) is 5.60. The summed E-state index contributed by atoms with van der Waals surface area (Å²) < 4.78 is 0. The van der Waals surface area contributed by atoms with Crippen LogP contribution in [0.5, 0.6) is 0 Å². The maximum absolute atomic E-state index is 12.2. The summed E-state index contributed by atoms with van der Waals surface area (Å²) in [6, 6.07) is 6.10. The minimum atomic E-state index is -0.434. The van der Waals surface area contributed by atoms with Gasteiger partial charge in [-0.1, -0.05) is 26.0 Å². The lowest BCUT2D eigenvalue weighted by molar-refractivity contribution is -0.384. The molecule has 1 amide bonds. The molecule has 0 bridgehead atoms. The third-order valence-electron chi connectivity index (χ3n) is 3.47. The van der Waals surface area contributed by atoms with Crippen LogP contribution in [-0.2, 0) is 4.79 Å². The quantitative estimate of drug-likeness (QED) is 0.558. The van der Waals surface area contributed by atoms with E-state index in [1.165, 1.54) is 12.1 Å². The molecule has 2 rings (SSSR count). The summed E-state index contributed by atoms with van der Waals surface area (Å²) >= 11 is 0. The van der Waals surface area contributed by atoms with Gasteiger partial charge in [0.1, 0.15) is 0 Å². The Kier molecular flexibility index (Phi) is 4.87. The van der Waals surface area contributed by atoms with Crippen LogP contribution in [-0.4, -0.2) is 23.9 Å². The number of rotatable bonds is 5. The van der Waals surface area contributed by atoms with E-state index in [0.717, 1.165) is 5.56 Å². The largest absolute Gasteiger partial charge is 0.356 e. The number of nitrogens with one attached hydrogen (secondary N) is 3. The van der Waals surface area contributed by atoms with Gasteiger partial charge in [0.2, 0.25) is 5.91 Å². The van der Waals surface area contributed by atoms with Crippen molar-refractivity contribution in [1.82, 2.24) is 16.2 Å². The molecule has 2 atom stereocenters. The fourth-order valence-corrected chi connectivity index (χ4v) is 2.30. The fourth-order valence-electron chi connectivity index (χ4n) is 2.30. The van der Waals surface area contributed by atoms with Crippen LogP contribution in [0.2, 0.25) is 0 Å². The molecule has 7 nitrogen and oxygen atoms in total. The zero-order valence-corrected chi connectivity index (χ0v) is 12.1. The number of carbonyl (C=O) groups is 1. The van der Waals surface area contributed by atoms with Crippen LogP contribution in [0.4, 0.5) is 5.69 Å². The Morgan fingerprint density at radius 1 is 1.43 bits per heavy atom. The summed E-state index contributed by atoms with van der Waals surface area (Å²) in [4.78, 5) is 22.4. The summed E-state index contributed by atoms with van der Waals surface area (Å²) in [5.74, 6) is 0.156. The first-order valence-corrected chi connectivity index (χ1v) is 6.99. The molecule has 7 heteroatoms. The van der Waals surface area contributed by atoms with Crippen molar-refractivity contribution in [2.24, 2.45) is 11.8 Å². The van der Waals surface area contributed by atoms with Gasteiger partial charge >= 0.3 is 0 Å². The van der Waals surface area contributed by atoms with Crippen LogP contribution < -0.4 is 16.2 Å². The fraction of sp³-hybridized carbons (Fsp3) is 0.500. The van der Waals surface area contributed by atoms with Gasteiger partial charge in [-0.3, -0.25) is 20.3 Å². The number of benzene rings is 1. The molecule has 0 saturated carbocycles. The second kappa shape index (κ2) is 6.64. The minimum Gasteiger partial charge on any atom is -0.356 e. The Balaban J connectivity index is 2.07. The van der Waals surface area contributed by atoms with Gasteiger partial charge in [0.05, 0.1) is 16.9 Å². The van der Waals surface area contributed by atoms with E-state index in [2.05, 4.69) is 16.2 Å². The lowest BCUT2D eigenvalue weighted by Crippen LogP contribution is -2.36. The van der Waals surface area contributed by atoms with E-state index in [-0.39, 0.29) is 23.6 Å². The van der Waals surface area contributed by atoms with Crippen LogP contribution >= 0.6 is 0 Å². The van der Waals surface area contributed by atoms with E-state index < -0.39 is 4.92 Å². The van der Waals surface area contributed by atoms with Gasteiger partial charge in [-0.2, -0.15) is 0 Å². The monoisotopic (exact) mass is 292 g/mol. The molecule has 114 valence electrons. The molecule has 0 aliphatic carbocycles. The number of hydrazine groups is 1. The van der Waals surface area contributed by atoms with Gasteiger partial charge in [-0.15, -0.1) is 0 Å². The summed E-state index contributed by atoms with van der Waals surface area (Å²) in [6.45, 7) is 5.26. The molecular formula is C14H20N4O3. The third-order valence-corrected chi connectivity index (χ3v) is 3.47. The molecule has 1 heterocycles. The summed E-state index contributed by atoms with van der Waals surface area (Å²) in [6.07, 6.45) is 0. The van der Waals surface area contributed by atoms with Crippen molar-refractivity contribution in [3.8, 4) is 0 Å². The van der Waals surface area contributed by atoms with Crippen molar-refractivity contribution in [1.29, 1.82) is 0 Å². The molecule has 1 fully saturated rings. The van der Waals surface area contributed by atoms with Gasteiger partial charge in [-0.05, 0) is 11.5 Å². The predicted molar refractivity (Wildman–Crippen MR) is 78.3 cm³/mol. The Hall–Kier alpha value is -1.99. The van der Waals surface area contributed by atoms with E-state index >= 15 is 0 Å². The Bertz CT molecular complexity index is 515. The van der Waals surface area contributed by atoms with Gasteiger partial charge in [-0.25, -0.2) is 5.43 Å². The third kappa shape index (κ3) is 3.77. The number of nitro benzene ring substituents is 1. The zero-order chi connectivity index (χ0) is 15.4. The number of hydrogen-bond donors (Lipinski definition) is 3. The average molecular weight is 292 g/mol. The highest BCUT2D eigenvalue weighted by molar-refractivity contribution is 5.80. The molecule has 2 unspecified atom stereocenters. The van der Waals surface area contributed by atoms with Crippen LogP contribution in [0.15, 0.2) is 24.3 Å². The van der Waals surface area contributed by atoms with Crippen LogP contribution in [0.3, 0.4) is 0 Å². The number of nitrogens with zero attached hydrogens (tertiary/aromatic N) is 1. The topological polar surface area (TPSA) is 96.3 Å². The molecule has 21 heavy (non-hydrogen) atoms. The molecule has 1 saturated heterocycles. The lowest BCUT2D eigenvalue weighted by Gasteiger charge is -2.19. The molecule has 0 radical (unpaired) electrons. The number of hydrogen-bond acceptors (Lipinski definition) is 5. The van der Waals surface area contributed by atoms with E-state index in [0.29, 0.717) is 19.0 Å². The van der Waals surface area contributed by atoms with Crippen molar-refractivity contribution < 1.29 is 9.72 Å². The Morgan fingerprint density at radius 3 is 2.67 bits per heavy atom.